The maximum absolute atomic E-state index is 14.8. The molecule has 0 radical (unpaired) electrons. The van der Waals surface area contributed by atoms with Crippen LogP contribution in [0.15, 0.2) is 42.7 Å². The molecule has 2 N–H and O–H groups in total. The molecule has 1 aliphatic heterocycles. The third-order valence-electron chi connectivity index (χ3n) is 6.03. The summed E-state index contributed by atoms with van der Waals surface area (Å²) in [6, 6.07) is 9.34. The third kappa shape index (κ3) is 4.31. The van der Waals surface area contributed by atoms with Crippen LogP contribution in [-0.2, 0) is 4.74 Å². The van der Waals surface area contributed by atoms with Gasteiger partial charge in [-0.3, -0.25) is 9.88 Å². The van der Waals surface area contributed by atoms with Crippen molar-refractivity contribution < 1.29 is 9.13 Å². The summed E-state index contributed by atoms with van der Waals surface area (Å²) in [7, 11) is 3.47. The third-order valence-corrected chi connectivity index (χ3v) is 6.03. The van der Waals surface area contributed by atoms with Crippen LogP contribution < -0.4 is 10.6 Å². The van der Waals surface area contributed by atoms with Gasteiger partial charge in [0.15, 0.2) is 5.82 Å². The first-order valence-electron chi connectivity index (χ1n) is 11.1. The fourth-order valence-electron chi connectivity index (χ4n) is 4.29. The fraction of sp³-hybridized carbons (Fsp3) is 0.391. The fourth-order valence-corrected chi connectivity index (χ4v) is 4.29. The Morgan fingerprint density at radius 2 is 2.09 bits per heavy atom. The van der Waals surface area contributed by atoms with Gasteiger partial charge in [-0.2, -0.15) is 4.98 Å². The van der Waals surface area contributed by atoms with Gasteiger partial charge in [0, 0.05) is 51.7 Å². The number of methoxy groups -OCH3 is 1. The number of piperidine rings is 1. The van der Waals surface area contributed by atoms with E-state index < -0.39 is 6.17 Å². The van der Waals surface area contributed by atoms with E-state index in [1.807, 2.05) is 43.6 Å². The topological polar surface area (TPSA) is 92.5 Å². The molecule has 2 atom stereocenters. The van der Waals surface area contributed by atoms with Gasteiger partial charge in [0.25, 0.3) is 0 Å². The molecule has 0 saturated carbocycles. The molecule has 1 saturated heterocycles. The SMILES string of the molecule is CNc1nc(N[C@H]2CCN(CCOC)C[C@@H]2F)nn2ccc(-c3ccc4ncccc4n3)c12. The first kappa shape index (κ1) is 21.5. The summed E-state index contributed by atoms with van der Waals surface area (Å²) in [6.07, 6.45) is 3.29. The molecule has 0 spiro atoms. The molecule has 9 nitrogen and oxygen atoms in total. The van der Waals surface area contributed by atoms with Crippen LogP contribution in [0.2, 0.25) is 0 Å². The highest BCUT2D eigenvalue weighted by Gasteiger charge is 2.30. The molecule has 0 aromatic carbocycles. The van der Waals surface area contributed by atoms with E-state index in [9.17, 15) is 4.39 Å². The van der Waals surface area contributed by atoms with Gasteiger partial charge in [0.05, 0.1) is 29.4 Å². The first-order chi connectivity index (χ1) is 16.2. The van der Waals surface area contributed by atoms with Crippen LogP contribution in [0.25, 0.3) is 27.8 Å². The predicted octanol–water partition coefficient (Wildman–Crippen LogP) is 2.85. The van der Waals surface area contributed by atoms with Crippen LogP contribution in [0, 0.1) is 0 Å². The molecule has 0 bridgehead atoms. The quantitative estimate of drug-likeness (QED) is 0.444. The molecule has 172 valence electrons. The van der Waals surface area contributed by atoms with Crippen LogP contribution in [-0.4, -0.2) is 82.1 Å². The van der Waals surface area contributed by atoms with Crippen molar-refractivity contribution in [3.05, 3.63) is 42.7 Å². The molecule has 4 aromatic rings. The lowest BCUT2D eigenvalue weighted by Crippen LogP contribution is -2.48. The lowest BCUT2D eigenvalue weighted by atomic mass is 10.0. The number of likely N-dealkylation sites (tertiary alicyclic amines) is 1. The molecule has 0 unspecified atom stereocenters. The number of halogens is 1. The molecule has 33 heavy (non-hydrogen) atoms. The second kappa shape index (κ2) is 9.24. The number of anilines is 2. The molecule has 1 aliphatic rings. The Labute approximate surface area is 191 Å². The van der Waals surface area contributed by atoms with Crippen molar-refractivity contribution in [2.45, 2.75) is 18.6 Å². The van der Waals surface area contributed by atoms with Crippen molar-refractivity contribution in [1.29, 1.82) is 0 Å². The summed E-state index contributed by atoms with van der Waals surface area (Å²) in [5, 5.41) is 11.0. The molecule has 5 heterocycles. The summed E-state index contributed by atoms with van der Waals surface area (Å²) in [6.45, 7) is 2.52. The number of hydrogen-bond acceptors (Lipinski definition) is 8. The van der Waals surface area contributed by atoms with Crippen molar-refractivity contribution in [3.63, 3.8) is 0 Å². The minimum absolute atomic E-state index is 0.337. The van der Waals surface area contributed by atoms with Gasteiger partial charge in [0.2, 0.25) is 5.95 Å². The smallest absolute Gasteiger partial charge is 0.243 e. The summed E-state index contributed by atoms with van der Waals surface area (Å²) >= 11 is 0. The Kier molecular flexibility index (Phi) is 6.01. The van der Waals surface area contributed by atoms with E-state index in [2.05, 4.69) is 30.6 Å². The summed E-state index contributed by atoms with van der Waals surface area (Å²) < 4.78 is 21.7. The van der Waals surface area contributed by atoms with E-state index in [4.69, 9.17) is 9.72 Å². The van der Waals surface area contributed by atoms with E-state index in [1.54, 1.807) is 17.8 Å². The largest absolute Gasteiger partial charge is 0.383 e. The van der Waals surface area contributed by atoms with Crippen molar-refractivity contribution in [2.75, 3.05) is 51.0 Å². The van der Waals surface area contributed by atoms with Crippen LogP contribution in [0.5, 0.6) is 0 Å². The number of rotatable bonds is 7. The van der Waals surface area contributed by atoms with Crippen LogP contribution in [0.1, 0.15) is 6.42 Å². The zero-order valence-electron chi connectivity index (χ0n) is 18.7. The number of fused-ring (bicyclic) bond motifs is 2. The second-order valence-corrected chi connectivity index (χ2v) is 8.14. The maximum atomic E-state index is 14.8. The highest BCUT2D eigenvalue weighted by molar-refractivity contribution is 5.89. The number of aromatic nitrogens is 5. The Morgan fingerprint density at radius 3 is 2.91 bits per heavy atom. The van der Waals surface area contributed by atoms with E-state index >= 15 is 0 Å². The molecule has 0 aliphatic carbocycles. The van der Waals surface area contributed by atoms with Gasteiger partial charge in [-0.25, -0.2) is 13.9 Å². The lowest BCUT2D eigenvalue weighted by Gasteiger charge is -2.34. The van der Waals surface area contributed by atoms with Crippen LogP contribution in [0.3, 0.4) is 0 Å². The normalized spacial score (nSPS) is 19.2. The highest BCUT2D eigenvalue weighted by Crippen LogP contribution is 2.30. The summed E-state index contributed by atoms with van der Waals surface area (Å²) in [4.78, 5) is 15.8. The number of hydrogen-bond donors (Lipinski definition) is 2. The van der Waals surface area contributed by atoms with E-state index in [-0.39, 0.29) is 6.04 Å². The number of ether oxygens (including phenoxy) is 1. The first-order valence-corrected chi connectivity index (χ1v) is 11.1. The van der Waals surface area contributed by atoms with Crippen molar-refractivity contribution in [1.82, 2.24) is 29.5 Å². The van der Waals surface area contributed by atoms with Crippen molar-refractivity contribution in [3.8, 4) is 11.3 Å². The van der Waals surface area contributed by atoms with Gasteiger partial charge < -0.3 is 15.4 Å². The van der Waals surface area contributed by atoms with Crippen LogP contribution in [0.4, 0.5) is 16.2 Å². The zero-order valence-corrected chi connectivity index (χ0v) is 18.7. The Balaban J connectivity index is 1.41. The molecule has 4 aromatic heterocycles. The van der Waals surface area contributed by atoms with Gasteiger partial charge in [0.1, 0.15) is 11.7 Å². The zero-order chi connectivity index (χ0) is 22.8. The van der Waals surface area contributed by atoms with Crippen LogP contribution >= 0.6 is 0 Å². The van der Waals surface area contributed by atoms with E-state index in [0.717, 1.165) is 40.9 Å². The maximum Gasteiger partial charge on any atom is 0.243 e. The number of nitrogens with zero attached hydrogens (tertiary/aromatic N) is 6. The lowest BCUT2D eigenvalue weighted by molar-refractivity contribution is 0.0918. The summed E-state index contributed by atoms with van der Waals surface area (Å²) in [5.74, 6) is 1.04. The minimum atomic E-state index is -1.01. The van der Waals surface area contributed by atoms with Gasteiger partial charge in [-0.1, -0.05) is 0 Å². The Morgan fingerprint density at radius 1 is 1.18 bits per heavy atom. The average Bonchev–Trinajstić information content (AvgIpc) is 3.27. The minimum Gasteiger partial charge on any atom is -0.383 e. The molecule has 0 amide bonds. The Hall–Kier alpha value is -3.37. The standard InChI is InChI=1S/C23H27FN8O/c1-25-22-21-15(17-5-6-19-20(27-17)4-3-9-26-19)7-11-32(21)30-23(29-22)28-18-8-10-31(12-13-33-2)14-16(18)24/h3-7,9,11,16,18H,8,10,12-14H2,1-2H3,(H2,25,28,29,30)/t16-,18-/m0/s1. The highest BCUT2D eigenvalue weighted by atomic mass is 19.1. The molecule has 10 heteroatoms. The second-order valence-electron chi connectivity index (χ2n) is 8.14. The van der Waals surface area contributed by atoms with Gasteiger partial charge >= 0.3 is 0 Å². The van der Waals surface area contributed by atoms with Crippen molar-refractivity contribution in [2.24, 2.45) is 0 Å². The number of nitrogens with one attached hydrogen (secondary N) is 2. The molecular weight excluding hydrogens is 423 g/mol. The number of pyridine rings is 2. The monoisotopic (exact) mass is 450 g/mol. The molecule has 5 rings (SSSR count). The van der Waals surface area contributed by atoms with E-state index in [0.29, 0.717) is 31.3 Å². The predicted molar refractivity (Wildman–Crippen MR) is 126 cm³/mol. The molecular formula is C23H27FN8O. The molecule has 1 fully saturated rings. The summed E-state index contributed by atoms with van der Waals surface area (Å²) in [5.41, 5.74) is 4.20. The van der Waals surface area contributed by atoms with E-state index in [1.165, 1.54) is 0 Å². The Bertz CT molecular complexity index is 1260. The average molecular weight is 451 g/mol. The van der Waals surface area contributed by atoms with Crippen molar-refractivity contribution >= 4 is 28.3 Å². The number of alkyl halides is 1. The van der Waals surface area contributed by atoms with Gasteiger partial charge in [-0.05, 0) is 36.8 Å². The van der Waals surface area contributed by atoms with Gasteiger partial charge in [-0.15, -0.1) is 5.10 Å².